The molecule has 1 saturated heterocycles. The minimum Gasteiger partial charge on any atom is -0.497 e. The lowest BCUT2D eigenvalue weighted by Crippen LogP contribution is -2.37. The number of rotatable bonds is 5. The standard InChI is InChI=1S/C16H20N2O4/c1-20-13-2-3-15-11(7-13)6-12(16(19)18-15)8-17-9-14-10-21-4-5-22-14/h2-3,6-7,14,17H,4-5,8-10H2,1H3,(H,18,19)/t14-/m1/s1. The molecule has 1 fully saturated rings. The van der Waals surface area contributed by atoms with Gasteiger partial charge in [-0.3, -0.25) is 4.79 Å². The average molecular weight is 304 g/mol. The van der Waals surface area contributed by atoms with Crippen LogP contribution < -0.4 is 15.6 Å². The highest BCUT2D eigenvalue weighted by Gasteiger charge is 2.13. The minimum absolute atomic E-state index is 0.0494. The third-order valence-corrected chi connectivity index (χ3v) is 3.70. The second kappa shape index (κ2) is 6.91. The molecule has 3 rings (SSSR count). The third kappa shape index (κ3) is 3.47. The summed E-state index contributed by atoms with van der Waals surface area (Å²) in [5.41, 5.74) is 1.42. The van der Waals surface area contributed by atoms with E-state index in [-0.39, 0.29) is 11.7 Å². The number of benzene rings is 1. The summed E-state index contributed by atoms with van der Waals surface area (Å²) in [5.74, 6) is 0.770. The molecule has 1 aromatic heterocycles. The highest BCUT2D eigenvalue weighted by atomic mass is 16.6. The summed E-state index contributed by atoms with van der Waals surface area (Å²) in [6, 6.07) is 7.48. The van der Waals surface area contributed by atoms with Gasteiger partial charge in [0, 0.05) is 29.6 Å². The number of nitrogens with one attached hydrogen (secondary N) is 2. The van der Waals surface area contributed by atoms with Crippen LogP contribution in [-0.2, 0) is 16.0 Å². The van der Waals surface area contributed by atoms with Crippen molar-refractivity contribution in [2.45, 2.75) is 12.6 Å². The van der Waals surface area contributed by atoms with E-state index in [0.717, 1.165) is 16.7 Å². The lowest BCUT2D eigenvalue weighted by atomic mass is 10.1. The molecule has 0 bridgehead atoms. The first-order chi connectivity index (χ1) is 10.8. The van der Waals surface area contributed by atoms with Gasteiger partial charge in [-0.2, -0.15) is 0 Å². The number of methoxy groups -OCH3 is 1. The molecule has 6 nitrogen and oxygen atoms in total. The zero-order valence-corrected chi connectivity index (χ0v) is 12.6. The summed E-state index contributed by atoms with van der Waals surface area (Å²) in [5, 5.41) is 4.20. The summed E-state index contributed by atoms with van der Waals surface area (Å²) in [7, 11) is 1.63. The molecule has 2 heterocycles. The number of pyridine rings is 1. The maximum Gasteiger partial charge on any atom is 0.252 e. The molecule has 0 spiro atoms. The Labute approximate surface area is 128 Å². The smallest absolute Gasteiger partial charge is 0.252 e. The summed E-state index contributed by atoms with van der Waals surface area (Å²) in [6.07, 6.45) is 0.0494. The summed E-state index contributed by atoms with van der Waals surface area (Å²) in [4.78, 5) is 15.0. The number of hydrogen-bond donors (Lipinski definition) is 2. The molecular weight excluding hydrogens is 284 g/mol. The van der Waals surface area contributed by atoms with Gasteiger partial charge >= 0.3 is 0 Å². The van der Waals surface area contributed by atoms with Crippen LogP contribution in [0.1, 0.15) is 5.56 Å². The maximum absolute atomic E-state index is 12.1. The van der Waals surface area contributed by atoms with E-state index in [1.807, 2.05) is 24.3 Å². The molecule has 0 saturated carbocycles. The highest BCUT2D eigenvalue weighted by Crippen LogP contribution is 2.18. The first-order valence-electron chi connectivity index (χ1n) is 7.36. The Balaban J connectivity index is 1.69. The molecule has 1 aliphatic rings. The number of ether oxygens (including phenoxy) is 3. The van der Waals surface area contributed by atoms with Gasteiger partial charge in [0.1, 0.15) is 5.75 Å². The van der Waals surface area contributed by atoms with Crippen LogP contribution in [0.15, 0.2) is 29.1 Å². The van der Waals surface area contributed by atoms with Crippen molar-refractivity contribution in [2.24, 2.45) is 0 Å². The fourth-order valence-electron chi connectivity index (χ4n) is 2.51. The number of aromatic amines is 1. The van der Waals surface area contributed by atoms with Gasteiger partial charge in [-0.05, 0) is 24.3 Å². The van der Waals surface area contributed by atoms with E-state index in [9.17, 15) is 4.79 Å². The van der Waals surface area contributed by atoms with E-state index in [1.54, 1.807) is 7.11 Å². The number of aromatic nitrogens is 1. The average Bonchev–Trinajstić information content (AvgIpc) is 2.56. The molecule has 0 unspecified atom stereocenters. The Morgan fingerprint density at radius 1 is 1.36 bits per heavy atom. The quantitative estimate of drug-likeness (QED) is 0.863. The van der Waals surface area contributed by atoms with E-state index < -0.39 is 0 Å². The van der Waals surface area contributed by atoms with Crippen molar-refractivity contribution in [3.8, 4) is 5.75 Å². The van der Waals surface area contributed by atoms with Crippen LogP contribution in [0.5, 0.6) is 5.75 Å². The second-order valence-electron chi connectivity index (χ2n) is 5.28. The zero-order valence-electron chi connectivity index (χ0n) is 12.6. The molecule has 118 valence electrons. The van der Waals surface area contributed by atoms with Crippen LogP contribution in [-0.4, -0.2) is 44.6 Å². The largest absolute Gasteiger partial charge is 0.497 e. The van der Waals surface area contributed by atoms with Gasteiger partial charge in [0.15, 0.2) is 0 Å². The molecule has 1 aromatic carbocycles. The van der Waals surface area contributed by atoms with Crippen LogP contribution in [0.4, 0.5) is 0 Å². The van der Waals surface area contributed by atoms with E-state index >= 15 is 0 Å². The lowest BCUT2D eigenvalue weighted by molar-refractivity contribution is -0.0864. The molecule has 1 aliphatic heterocycles. The first-order valence-corrected chi connectivity index (χ1v) is 7.36. The van der Waals surface area contributed by atoms with Crippen LogP contribution >= 0.6 is 0 Å². The van der Waals surface area contributed by atoms with Crippen molar-refractivity contribution in [1.29, 1.82) is 0 Å². The van der Waals surface area contributed by atoms with E-state index in [2.05, 4.69) is 10.3 Å². The topological polar surface area (TPSA) is 72.6 Å². The van der Waals surface area contributed by atoms with Crippen LogP contribution in [0, 0.1) is 0 Å². The fourth-order valence-corrected chi connectivity index (χ4v) is 2.51. The van der Waals surface area contributed by atoms with E-state index in [1.165, 1.54) is 0 Å². The molecule has 0 aliphatic carbocycles. The van der Waals surface area contributed by atoms with Gasteiger partial charge in [-0.15, -0.1) is 0 Å². The van der Waals surface area contributed by atoms with Crippen molar-refractivity contribution < 1.29 is 14.2 Å². The molecular formula is C16H20N2O4. The Hall–Kier alpha value is -1.89. The fraction of sp³-hybridized carbons (Fsp3) is 0.438. The van der Waals surface area contributed by atoms with E-state index in [4.69, 9.17) is 14.2 Å². The SMILES string of the molecule is COc1ccc2[nH]c(=O)c(CNC[C@@H]3COCCO3)cc2c1. The molecule has 0 radical (unpaired) electrons. The zero-order chi connectivity index (χ0) is 15.4. The highest BCUT2D eigenvalue weighted by molar-refractivity contribution is 5.80. The Bertz CT molecular complexity index is 692. The predicted molar refractivity (Wildman–Crippen MR) is 83.4 cm³/mol. The van der Waals surface area contributed by atoms with Gasteiger partial charge in [-0.25, -0.2) is 0 Å². The van der Waals surface area contributed by atoms with Gasteiger partial charge < -0.3 is 24.5 Å². The maximum atomic E-state index is 12.1. The molecule has 1 atom stereocenters. The van der Waals surface area contributed by atoms with Crippen molar-refractivity contribution in [3.63, 3.8) is 0 Å². The first kappa shape index (κ1) is 15.0. The molecule has 0 amide bonds. The van der Waals surface area contributed by atoms with E-state index in [0.29, 0.717) is 38.5 Å². The Kier molecular flexibility index (Phi) is 4.72. The predicted octanol–water partition coefficient (Wildman–Crippen LogP) is 1.04. The van der Waals surface area contributed by atoms with Gasteiger partial charge in [-0.1, -0.05) is 0 Å². The summed E-state index contributed by atoms with van der Waals surface area (Å²) in [6.45, 7) is 3.03. The Morgan fingerprint density at radius 3 is 3.05 bits per heavy atom. The second-order valence-corrected chi connectivity index (χ2v) is 5.28. The number of fused-ring (bicyclic) bond motifs is 1. The van der Waals surface area contributed by atoms with Crippen molar-refractivity contribution in [2.75, 3.05) is 33.5 Å². The summed E-state index contributed by atoms with van der Waals surface area (Å²) < 4.78 is 16.1. The molecule has 6 heteroatoms. The monoisotopic (exact) mass is 304 g/mol. The molecule has 22 heavy (non-hydrogen) atoms. The van der Waals surface area contributed by atoms with Crippen molar-refractivity contribution in [3.05, 3.63) is 40.2 Å². The van der Waals surface area contributed by atoms with Crippen molar-refractivity contribution in [1.82, 2.24) is 10.3 Å². The van der Waals surface area contributed by atoms with Gasteiger partial charge in [0.2, 0.25) is 0 Å². The third-order valence-electron chi connectivity index (χ3n) is 3.70. The Morgan fingerprint density at radius 2 is 2.27 bits per heavy atom. The number of H-pyrrole nitrogens is 1. The molecule has 2 aromatic rings. The van der Waals surface area contributed by atoms with Crippen LogP contribution in [0.3, 0.4) is 0 Å². The van der Waals surface area contributed by atoms with Crippen LogP contribution in [0.25, 0.3) is 10.9 Å². The normalized spacial score (nSPS) is 18.5. The minimum atomic E-state index is -0.0778. The summed E-state index contributed by atoms with van der Waals surface area (Å²) >= 11 is 0. The van der Waals surface area contributed by atoms with Crippen LogP contribution in [0.2, 0.25) is 0 Å². The van der Waals surface area contributed by atoms with Crippen molar-refractivity contribution >= 4 is 10.9 Å². The lowest BCUT2D eigenvalue weighted by Gasteiger charge is -2.23. The number of hydrogen-bond acceptors (Lipinski definition) is 5. The molecule has 2 N–H and O–H groups in total. The van der Waals surface area contributed by atoms with Gasteiger partial charge in [0.05, 0.1) is 33.0 Å². The van der Waals surface area contributed by atoms with Gasteiger partial charge in [0.25, 0.3) is 5.56 Å².